The summed E-state index contributed by atoms with van der Waals surface area (Å²) in [6.45, 7) is 0.581. The van der Waals surface area contributed by atoms with Gasteiger partial charge in [-0.05, 0) is 18.2 Å². The van der Waals surface area contributed by atoms with Gasteiger partial charge in [0.2, 0.25) is 5.78 Å². The summed E-state index contributed by atoms with van der Waals surface area (Å²) in [5, 5.41) is 0. The van der Waals surface area contributed by atoms with E-state index in [2.05, 4.69) is 9.97 Å². The maximum atomic E-state index is 12.2. The largest absolute Gasteiger partial charge is 0.489 e. The van der Waals surface area contributed by atoms with E-state index in [4.69, 9.17) is 4.74 Å². The lowest BCUT2D eigenvalue weighted by Gasteiger charge is -2.05. The first kappa shape index (κ1) is 9.96. The van der Waals surface area contributed by atoms with Gasteiger partial charge in [0.25, 0.3) is 0 Å². The second-order valence-electron chi connectivity index (χ2n) is 3.76. The number of Topliss-reactive ketones (excluding diaryl/α,β-unsaturated/α-hetero) is 1. The molecule has 0 bridgehead atoms. The van der Waals surface area contributed by atoms with Crippen molar-refractivity contribution in [2.75, 3.05) is 6.61 Å². The number of hydrogen-bond donors (Lipinski definition) is 0. The number of ether oxygens (including phenoxy) is 1. The minimum absolute atomic E-state index is 0.117. The molecule has 0 radical (unpaired) electrons. The molecule has 2 aromatic rings. The fraction of sp³-hybridized carbons (Fsp3) is 0.154. The van der Waals surface area contributed by atoms with Gasteiger partial charge in [0.15, 0.2) is 5.76 Å². The Balaban J connectivity index is 2.14. The minimum Gasteiger partial charge on any atom is -0.489 e. The summed E-state index contributed by atoms with van der Waals surface area (Å²) in [6.07, 6.45) is 5.81. The summed E-state index contributed by atoms with van der Waals surface area (Å²) < 4.78 is 5.28. The monoisotopic (exact) mass is 226 g/mol. The Bertz CT molecular complexity index is 614. The maximum Gasteiger partial charge on any atom is 0.229 e. The Morgan fingerprint density at radius 3 is 2.94 bits per heavy atom. The van der Waals surface area contributed by atoms with Gasteiger partial charge in [-0.3, -0.25) is 14.8 Å². The van der Waals surface area contributed by atoms with Crippen LogP contribution in [0.3, 0.4) is 0 Å². The molecule has 3 rings (SSSR count). The molecule has 0 saturated carbocycles. The molecule has 2 heterocycles. The molecule has 1 aromatic heterocycles. The zero-order valence-electron chi connectivity index (χ0n) is 9.09. The van der Waals surface area contributed by atoms with E-state index in [1.165, 1.54) is 0 Å². The van der Waals surface area contributed by atoms with Crippen molar-refractivity contribution in [3.63, 3.8) is 0 Å². The number of allylic oxidation sites excluding steroid dienone is 1. The summed E-state index contributed by atoms with van der Waals surface area (Å²) in [5.41, 5.74) is 1.89. The molecule has 0 N–H and O–H groups in total. The summed E-state index contributed by atoms with van der Waals surface area (Å²) in [4.78, 5) is 20.6. The summed E-state index contributed by atoms with van der Waals surface area (Å²) >= 11 is 0. The summed E-state index contributed by atoms with van der Waals surface area (Å²) in [5.74, 6) is 0.303. The first-order valence-electron chi connectivity index (χ1n) is 5.43. The molecule has 0 spiro atoms. The second-order valence-corrected chi connectivity index (χ2v) is 3.76. The van der Waals surface area contributed by atoms with Gasteiger partial charge in [-0.2, -0.15) is 0 Å². The number of nitrogens with zero attached hydrogens (tertiary/aromatic N) is 2. The minimum atomic E-state index is -0.117. The van der Waals surface area contributed by atoms with Crippen LogP contribution in [0, 0.1) is 0 Å². The predicted octanol–water partition coefficient (Wildman–Crippen LogP) is 2.12. The maximum absolute atomic E-state index is 12.2. The molecule has 0 atom stereocenters. The molecular weight excluding hydrogens is 216 g/mol. The Labute approximate surface area is 98.0 Å². The van der Waals surface area contributed by atoms with Gasteiger partial charge in [0.05, 0.1) is 23.2 Å². The van der Waals surface area contributed by atoms with E-state index in [9.17, 15) is 4.79 Å². The molecule has 4 heteroatoms. The Hall–Kier alpha value is -2.23. The van der Waals surface area contributed by atoms with Crippen molar-refractivity contribution < 1.29 is 9.53 Å². The van der Waals surface area contributed by atoms with E-state index >= 15 is 0 Å². The lowest BCUT2D eigenvalue weighted by molar-refractivity contribution is 0.0943. The topological polar surface area (TPSA) is 52.1 Å². The van der Waals surface area contributed by atoms with Crippen LogP contribution in [0.2, 0.25) is 0 Å². The lowest BCUT2D eigenvalue weighted by atomic mass is 10.1. The Kier molecular flexibility index (Phi) is 2.33. The van der Waals surface area contributed by atoms with Gasteiger partial charge in [0, 0.05) is 18.8 Å². The van der Waals surface area contributed by atoms with Crippen LogP contribution in [0.15, 0.2) is 42.4 Å². The third-order valence-electron chi connectivity index (χ3n) is 2.67. The lowest BCUT2D eigenvalue weighted by Crippen LogP contribution is -2.05. The van der Waals surface area contributed by atoms with Crippen LogP contribution in [0.25, 0.3) is 11.0 Å². The van der Waals surface area contributed by atoms with Gasteiger partial charge in [-0.25, -0.2) is 0 Å². The van der Waals surface area contributed by atoms with Crippen LogP contribution >= 0.6 is 0 Å². The van der Waals surface area contributed by atoms with Crippen LogP contribution in [-0.2, 0) is 4.74 Å². The average molecular weight is 226 g/mol. The molecule has 0 unspecified atom stereocenters. The highest BCUT2D eigenvalue weighted by atomic mass is 16.5. The molecule has 0 fully saturated rings. The zero-order valence-corrected chi connectivity index (χ0v) is 9.09. The molecule has 1 aliphatic heterocycles. The van der Waals surface area contributed by atoms with Crippen molar-refractivity contribution in [2.45, 2.75) is 6.42 Å². The van der Waals surface area contributed by atoms with Gasteiger partial charge in [-0.15, -0.1) is 0 Å². The SMILES string of the molecule is O=C(C1=CCCO1)c1cccc2nccnc12. The molecule has 0 aliphatic carbocycles. The number of fused-ring (bicyclic) bond motifs is 1. The highest BCUT2D eigenvalue weighted by molar-refractivity contribution is 6.13. The van der Waals surface area contributed by atoms with Crippen LogP contribution in [0.1, 0.15) is 16.8 Å². The average Bonchev–Trinajstić information content (AvgIpc) is 2.91. The first-order valence-corrected chi connectivity index (χ1v) is 5.43. The van der Waals surface area contributed by atoms with E-state index < -0.39 is 0 Å². The number of carbonyl (C=O) groups excluding carboxylic acids is 1. The third-order valence-corrected chi connectivity index (χ3v) is 2.67. The third kappa shape index (κ3) is 1.67. The zero-order chi connectivity index (χ0) is 11.7. The van der Waals surface area contributed by atoms with Crippen molar-refractivity contribution in [2.24, 2.45) is 0 Å². The molecule has 0 amide bonds. The van der Waals surface area contributed by atoms with Crippen LogP contribution in [-0.4, -0.2) is 22.4 Å². The van der Waals surface area contributed by atoms with Crippen LogP contribution in [0.4, 0.5) is 0 Å². The van der Waals surface area contributed by atoms with Crippen LogP contribution < -0.4 is 0 Å². The number of para-hydroxylation sites is 1. The van der Waals surface area contributed by atoms with Crippen molar-refractivity contribution in [1.82, 2.24) is 9.97 Å². The predicted molar refractivity (Wildman–Crippen MR) is 62.5 cm³/mol. The number of benzene rings is 1. The van der Waals surface area contributed by atoms with Crippen molar-refractivity contribution in [1.29, 1.82) is 0 Å². The van der Waals surface area contributed by atoms with Crippen molar-refractivity contribution >= 4 is 16.8 Å². The molecule has 0 saturated heterocycles. The highest BCUT2D eigenvalue weighted by Crippen LogP contribution is 2.20. The molecule has 17 heavy (non-hydrogen) atoms. The van der Waals surface area contributed by atoms with E-state index in [0.717, 1.165) is 11.9 Å². The quantitative estimate of drug-likeness (QED) is 0.736. The van der Waals surface area contributed by atoms with E-state index in [1.54, 1.807) is 24.5 Å². The molecule has 84 valence electrons. The number of hydrogen-bond acceptors (Lipinski definition) is 4. The fourth-order valence-electron chi connectivity index (χ4n) is 1.88. The standard InChI is InChI=1S/C13H10N2O2/c16-13(11-5-2-8-17-11)9-3-1-4-10-12(9)15-7-6-14-10/h1,3-7H,2,8H2. The second kappa shape index (κ2) is 3.97. The van der Waals surface area contributed by atoms with Crippen molar-refractivity contribution in [3.05, 3.63) is 48.0 Å². The Morgan fingerprint density at radius 2 is 2.12 bits per heavy atom. The molecule has 1 aromatic carbocycles. The van der Waals surface area contributed by atoms with Gasteiger partial charge < -0.3 is 4.74 Å². The number of carbonyl (C=O) groups is 1. The number of aromatic nitrogens is 2. The normalized spacial score (nSPS) is 14.5. The van der Waals surface area contributed by atoms with E-state index in [1.807, 2.05) is 12.1 Å². The van der Waals surface area contributed by atoms with Crippen LogP contribution in [0.5, 0.6) is 0 Å². The van der Waals surface area contributed by atoms with Gasteiger partial charge in [0.1, 0.15) is 0 Å². The summed E-state index contributed by atoms with van der Waals surface area (Å²) in [6, 6.07) is 5.39. The fourth-order valence-corrected chi connectivity index (χ4v) is 1.88. The van der Waals surface area contributed by atoms with E-state index in [-0.39, 0.29) is 5.78 Å². The smallest absolute Gasteiger partial charge is 0.229 e. The number of rotatable bonds is 2. The Morgan fingerprint density at radius 1 is 1.24 bits per heavy atom. The van der Waals surface area contributed by atoms with Crippen molar-refractivity contribution in [3.8, 4) is 0 Å². The van der Waals surface area contributed by atoms with Gasteiger partial charge >= 0.3 is 0 Å². The molecular formula is C13H10N2O2. The molecule has 1 aliphatic rings. The summed E-state index contributed by atoms with van der Waals surface area (Å²) in [7, 11) is 0. The number of ketones is 1. The van der Waals surface area contributed by atoms with E-state index in [0.29, 0.717) is 23.4 Å². The van der Waals surface area contributed by atoms with Gasteiger partial charge in [-0.1, -0.05) is 6.07 Å². The first-order chi connectivity index (χ1) is 8.36. The highest BCUT2D eigenvalue weighted by Gasteiger charge is 2.19. The molecule has 4 nitrogen and oxygen atoms in total.